The van der Waals surface area contributed by atoms with Gasteiger partial charge in [-0.15, -0.1) is 11.3 Å². The minimum Gasteiger partial charge on any atom is -0.462 e. The summed E-state index contributed by atoms with van der Waals surface area (Å²) in [6.07, 6.45) is 14.4. The van der Waals surface area contributed by atoms with E-state index < -0.39 is 5.92 Å². The third-order valence-corrected chi connectivity index (χ3v) is 7.21. The Morgan fingerprint density at radius 1 is 0.933 bits per heavy atom. The van der Waals surface area contributed by atoms with Gasteiger partial charge in [-0.2, -0.15) is 0 Å². The van der Waals surface area contributed by atoms with Crippen LogP contribution in [0.3, 0.4) is 0 Å². The SMILES string of the molecule is CCOC(=O)c1c(N=CC2C(=O)CCCC2=O)sc2c1CCCCCCCCCC2. The second kappa shape index (κ2) is 11.5. The van der Waals surface area contributed by atoms with E-state index in [0.717, 1.165) is 31.2 Å². The predicted molar refractivity (Wildman–Crippen MR) is 120 cm³/mol. The quantitative estimate of drug-likeness (QED) is 0.344. The summed E-state index contributed by atoms with van der Waals surface area (Å²) in [5.74, 6) is -1.24. The van der Waals surface area contributed by atoms with Crippen LogP contribution in [-0.4, -0.2) is 30.4 Å². The number of Topliss-reactive ketones (excluding diaryl/α,β-unsaturated/α-hetero) is 2. The largest absolute Gasteiger partial charge is 0.462 e. The van der Waals surface area contributed by atoms with Gasteiger partial charge < -0.3 is 4.74 Å². The number of thiophene rings is 1. The number of hydrogen-bond acceptors (Lipinski definition) is 6. The molecule has 0 unspecified atom stereocenters. The molecule has 0 atom stereocenters. The first-order valence-electron chi connectivity index (χ1n) is 11.5. The number of aryl methyl sites for hydroxylation is 1. The lowest BCUT2D eigenvalue weighted by Gasteiger charge is -2.14. The van der Waals surface area contributed by atoms with Gasteiger partial charge in [-0.3, -0.25) is 9.59 Å². The first-order valence-corrected chi connectivity index (χ1v) is 12.3. The Morgan fingerprint density at radius 2 is 1.53 bits per heavy atom. The average molecular weight is 432 g/mol. The van der Waals surface area contributed by atoms with E-state index in [1.54, 1.807) is 6.92 Å². The molecule has 0 amide bonds. The highest BCUT2D eigenvalue weighted by molar-refractivity contribution is 7.16. The van der Waals surface area contributed by atoms with Crippen molar-refractivity contribution in [2.75, 3.05) is 6.61 Å². The van der Waals surface area contributed by atoms with Gasteiger partial charge in [0, 0.05) is 23.9 Å². The van der Waals surface area contributed by atoms with Gasteiger partial charge in [-0.1, -0.05) is 38.5 Å². The van der Waals surface area contributed by atoms with Gasteiger partial charge in [0.25, 0.3) is 0 Å². The third-order valence-electron chi connectivity index (χ3n) is 6.01. The van der Waals surface area contributed by atoms with Crippen LogP contribution in [0.4, 0.5) is 5.00 Å². The highest BCUT2D eigenvalue weighted by atomic mass is 32.1. The first-order chi connectivity index (χ1) is 14.6. The Morgan fingerprint density at radius 3 is 2.17 bits per heavy atom. The van der Waals surface area contributed by atoms with Crippen LogP contribution in [-0.2, 0) is 27.2 Å². The molecule has 0 spiro atoms. The van der Waals surface area contributed by atoms with E-state index in [1.165, 1.54) is 61.0 Å². The number of hydrogen-bond donors (Lipinski definition) is 0. The van der Waals surface area contributed by atoms with Gasteiger partial charge in [0.15, 0.2) is 0 Å². The maximum Gasteiger partial charge on any atom is 0.341 e. The highest BCUT2D eigenvalue weighted by Crippen LogP contribution is 2.39. The van der Waals surface area contributed by atoms with E-state index >= 15 is 0 Å². The third kappa shape index (κ3) is 5.87. The van der Waals surface area contributed by atoms with Crippen molar-refractivity contribution in [1.29, 1.82) is 0 Å². The normalized spacial score (nSPS) is 19.9. The van der Waals surface area contributed by atoms with E-state index in [4.69, 9.17) is 4.74 Å². The topological polar surface area (TPSA) is 72.8 Å². The van der Waals surface area contributed by atoms with Crippen LogP contribution in [0.25, 0.3) is 0 Å². The Labute approximate surface area is 183 Å². The standard InChI is InChI=1S/C24H33NO4S/c1-2-29-24(28)22-17-12-9-7-5-3-4-6-8-10-15-21(17)30-23(22)25-16-18-19(26)13-11-14-20(18)27/h16,18H,2-15H2,1H3. The van der Waals surface area contributed by atoms with Gasteiger partial charge in [0.1, 0.15) is 22.5 Å². The summed E-state index contributed by atoms with van der Waals surface area (Å²) in [7, 11) is 0. The zero-order chi connectivity index (χ0) is 21.3. The summed E-state index contributed by atoms with van der Waals surface area (Å²) in [5.41, 5.74) is 1.63. The van der Waals surface area contributed by atoms with Crippen molar-refractivity contribution in [1.82, 2.24) is 0 Å². The van der Waals surface area contributed by atoms with Crippen LogP contribution in [0, 0.1) is 5.92 Å². The maximum absolute atomic E-state index is 12.8. The molecule has 1 fully saturated rings. The fourth-order valence-electron chi connectivity index (χ4n) is 4.35. The summed E-state index contributed by atoms with van der Waals surface area (Å²) in [4.78, 5) is 42.9. The predicted octanol–water partition coefficient (Wildman–Crippen LogP) is 5.78. The van der Waals surface area contributed by atoms with Crippen molar-refractivity contribution < 1.29 is 19.1 Å². The van der Waals surface area contributed by atoms with Crippen LogP contribution < -0.4 is 0 Å². The van der Waals surface area contributed by atoms with Crippen LogP contribution in [0.5, 0.6) is 0 Å². The molecule has 1 saturated carbocycles. The van der Waals surface area contributed by atoms with Crippen molar-refractivity contribution in [3.63, 3.8) is 0 Å². The second-order valence-electron chi connectivity index (χ2n) is 8.27. The lowest BCUT2D eigenvalue weighted by atomic mass is 9.87. The number of ether oxygens (including phenoxy) is 1. The molecule has 0 N–H and O–H groups in total. The van der Waals surface area contributed by atoms with Crippen molar-refractivity contribution in [3.05, 3.63) is 16.0 Å². The Hall–Kier alpha value is -1.82. The number of aliphatic imine (C=N–C) groups is 1. The number of nitrogens with zero attached hydrogens (tertiary/aromatic N) is 1. The van der Waals surface area contributed by atoms with Crippen molar-refractivity contribution in [2.45, 2.75) is 90.4 Å². The Bertz CT molecular complexity index is 779. The summed E-state index contributed by atoms with van der Waals surface area (Å²) >= 11 is 1.54. The monoisotopic (exact) mass is 431 g/mol. The van der Waals surface area contributed by atoms with Crippen LogP contribution >= 0.6 is 11.3 Å². The van der Waals surface area contributed by atoms with Crippen LogP contribution in [0.15, 0.2) is 4.99 Å². The minimum atomic E-state index is -0.767. The Kier molecular flexibility index (Phi) is 8.79. The fraction of sp³-hybridized carbons (Fsp3) is 0.667. The number of fused-ring (bicyclic) bond motifs is 1. The van der Waals surface area contributed by atoms with Gasteiger partial charge >= 0.3 is 5.97 Å². The number of ketones is 2. The summed E-state index contributed by atoms with van der Waals surface area (Å²) < 4.78 is 5.36. The molecule has 1 aromatic heterocycles. The lowest BCUT2D eigenvalue weighted by Crippen LogP contribution is -2.29. The molecule has 0 radical (unpaired) electrons. The number of esters is 1. The molecule has 2 aliphatic rings. The number of rotatable bonds is 4. The Balaban J connectivity index is 1.93. The van der Waals surface area contributed by atoms with Gasteiger partial charge in [-0.25, -0.2) is 9.79 Å². The summed E-state index contributed by atoms with van der Waals surface area (Å²) in [6.45, 7) is 2.12. The van der Waals surface area contributed by atoms with Crippen molar-refractivity contribution >= 4 is 40.1 Å². The maximum atomic E-state index is 12.8. The first kappa shape index (κ1) is 22.9. The molecule has 0 aliphatic heterocycles. The van der Waals surface area contributed by atoms with Crippen molar-refractivity contribution in [3.8, 4) is 0 Å². The van der Waals surface area contributed by atoms with Gasteiger partial charge in [0.05, 0.1) is 12.2 Å². The van der Waals surface area contributed by atoms with E-state index in [0.29, 0.717) is 36.4 Å². The molecule has 3 rings (SSSR count). The van der Waals surface area contributed by atoms with E-state index in [1.807, 2.05) is 0 Å². The molecule has 5 nitrogen and oxygen atoms in total. The fourth-order valence-corrected chi connectivity index (χ4v) is 5.58. The second-order valence-corrected chi connectivity index (χ2v) is 9.36. The lowest BCUT2D eigenvalue weighted by molar-refractivity contribution is -0.132. The van der Waals surface area contributed by atoms with E-state index in [2.05, 4.69) is 4.99 Å². The molecular weight excluding hydrogens is 398 g/mol. The van der Waals surface area contributed by atoms with E-state index in [-0.39, 0.29) is 17.5 Å². The van der Waals surface area contributed by atoms with Gasteiger partial charge in [-0.05, 0) is 44.6 Å². The molecule has 1 heterocycles. The molecule has 164 valence electrons. The minimum absolute atomic E-state index is 0.0666. The highest BCUT2D eigenvalue weighted by Gasteiger charge is 2.29. The molecule has 0 saturated heterocycles. The molecule has 6 heteroatoms. The van der Waals surface area contributed by atoms with Gasteiger partial charge in [0.2, 0.25) is 0 Å². The molecule has 1 aromatic rings. The molecular formula is C24H33NO4S. The smallest absolute Gasteiger partial charge is 0.341 e. The number of carbonyl (C=O) groups excluding carboxylic acids is 3. The summed E-state index contributed by atoms with van der Waals surface area (Å²) in [5, 5.41) is 0.597. The number of carbonyl (C=O) groups is 3. The molecule has 0 bridgehead atoms. The molecule has 0 aromatic carbocycles. The van der Waals surface area contributed by atoms with Crippen molar-refractivity contribution in [2.24, 2.45) is 10.9 Å². The zero-order valence-electron chi connectivity index (χ0n) is 18.0. The van der Waals surface area contributed by atoms with Crippen LogP contribution in [0.1, 0.15) is 98.4 Å². The average Bonchev–Trinajstić information content (AvgIpc) is 3.05. The zero-order valence-corrected chi connectivity index (χ0v) is 18.9. The summed E-state index contributed by atoms with van der Waals surface area (Å²) in [6, 6.07) is 0. The molecule has 30 heavy (non-hydrogen) atoms. The van der Waals surface area contributed by atoms with Crippen LogP contribution in [0.2, 0.25) is 0 Å². The molecule has 2 aliphatic carbocycles. The van der Waals surface area contributed by atoms with E-state index in [9.17, 15) is 14.4 Å².